The molecule has 0 aliphatic rings. The fourth-order valence-corrected chi connectivity index (χ4v) is 5.03. The maximum atomic E-state index is 12.9. The molecule has 1 heterocycles. The third-order valence-corrected chi connectivity index (χ3v) is 7.34. The van der Waals surface area contributed by atoms with Crippen molar-refractivity contribution in [2.45, 2.75) is 51.3 Å². The Hall–Kier alpha value is -3.09. The van der Waals surface area contributed by atoms with E-state index >= 15 is 0 Å². The van der Waals surface area contributed by atoms with Gasteiger partial charge in [0.05, 0.1) is 17.1 Å². The molecule has 0 aliphatic carbocycles. The van der Waals surface area contributed by atoms with E-state index in [1.54, 1.807) is 44.2 Å². The minimum atomic E-state index is -3.89. The average Bonchev–Trinajstić information content (AvgIpc) is 2.84. The number of carbonyl (C=O) groups is 1. The maximum Gasteiger partial charge on any atom is 0.264 e. The Bertz CT molecular complexity index is 1380. The van der Waals surface area contributed by atoms with Crippen molar-refractivity contribution in [1.82, 2.24) is 15.3 Å². The van der Waals surface area contributed by atoms with Gasteiger partial charge in [-0.25, -0.2) is 23.1 Å². The molecule has 1 amide bonds. The molecule has 0 aliphatic heterocycles. The smallest absolute Gasteiger partial charge is 0.264 e. The number of nitrogens with zero attached hydrogens (tertiary/aromatic N) is 2. The monoisotopic (exact) mass is 619 g/mol. The molecule has 0 radical (unpaired) electrons. The van der Waals surface area contributed by atoms with Gasteiger partial charge in [-0.2, -0.15) is 0 Å². The van der Waals surface area contributed by atoms with Gasteiger partial charge in [0.15, 0.2) is 5.11 Å². The van der Waals surface area contributed by atoms with Crippen LogP contribution >= 0.6 is 28.1 Å². The second-order valence-corrected chi connectivity index (χ2v) is 11.6. The van der Waals surface area contributed by atoms with Crippen molar-refractivity contribution in [2.75, 3.05) is 16.6 Å². The van der Waals surface area contributed by atoms with Gasteiger partial charge in [-0.3, -0.25) is 10.1 Å². The third kappa shape index (κ3) is 8.74. The van der Waals surface area contributed by atoms with Crippen molar-refractivity contribution in [1.29, 1.82) is 0 Å². The van der Waals surface area contributed by atoms with Crippen LogP contribution < -0.4 is 20.1 Å². The second-order valence-electron chi connectivity index (χ2n) is 8.56. The molecule has 0 saturated carbocycles. The quantitative estimate of drug-likeness (QED) is 0.183. The topological polar surface area (TPSA) is 122 Å². The molecule has 9 nitrogen and oxygen atoms in total. The van der Waals surface area contributed by atoms with E-state index in [1.165, 1.54) is 12.1 Å². The summed E-state index contributed by atoms with van der Waals surface area (Å²) >= 11 is 8.69. The summed E-state index contributed by atoms with van der Waals surface area (Å²) in [7, 11) is -3.89. The van der Waals surface area contributed by atoms with Crippen LogP contribution in [0.15, 0.2) is 57.9 Å². The predicted octanol–water partition coefficient (Wildman–Crippen LogP) is 5.74. The standard InChI is InChI=1S/C26H30BrN5O4S2/c1-4-5-6-7-14-36-23-13-8-19(27)16-22(23)24(33)31-26(37)30-20-9-11-21(12-10-20)38(34,35)32-25-28-17(2)15-18(3)29-25/h8-13,15-16H,4-7,14H2,1-3H3,(H,28,29,32)(H2,30,31,33,37). The summed E-state index contributed by atoms with van der Waals surface area (Å²) in [5, 5.41) is 5.59. The number of halogens is 1. The van der Waals surface area contributed by atoms with E-state index in [9.17, 15) is 13.2 Å². The maximum absolute atomic E-state index is 12.9. The van der Waals surface area contributed by atoms with Crippen molar-refractivity contribution in [2.24, 2.45) is 0 Å². The van der Waals surface area contributed by atoms with Crippen molar-refractivity contribution < 1.29 is 17.9 Å². The number of rotatable bonds is 11. The first-order valence-corrected chi connectivity index (χ1v) is 14.8. The number of nitrogens with one attached hydrogen (secondary N) is 3. The van der Waals surface area contributed by atoms with E-state index < -0.39 is 15.9 Å². The lowest BCUT2D eigenvalue weighted by molar-refractivity contribution is 0.0973. The van der Waals surface area contributed by atoms with Gasteiger partial charge < -0.3 is 10.1 Å². The number of hydrogen-bond donors (Lipinski definition) is 3. The molecule has 0 atom stereocenters. The third-order valence-electron chi connectivity index (χ3n) is 5.30. The van der Waals surface area contributed by atoms with E-state index in [2.05, 4.69) is 48.2 Å². The highest BCUT2D eigenvalue weighted by Crippen LogP contribution is 2.24. The number of aryl methyl sites for hydroxylation is 2. The number of unbranched alkanes of at least 4 members (excludes halogenated alkanes) is 3. The normalized spacial score (nSPS) is 11.1. The number of anilines is 2. The second kappa shape index (κ2) is 13.6. The summed E-state index contributed by atoms with van der Waals surface area (Å²) in [6.45, 7) is 6.18. The highest BCUT2D eigenvalue weighted by atomic mass is 79.9. The molecule has 0 saturated heterocycles. The van der Waals surface area contributed by atoms with Crippen LogP contribution in [0.3, 0.4) is 0 Å². The van der Waals surface area contributed by atoms with Crippen LogP contribution in [0.4, 0.5) is 11.6 Å². The molecule has 0 unspecified atom stereocenters. The first-order valence-electron chi connectivity index (χ1n) is 12.1. The first-order chi connectivity index (χ1) is 18.1. The van der Waals surface area contributed by atoms with Gasteiger partial charge in [0.25, 0.3) is 15.9 Å². The van der Waals surface area contributed by atoms with Crippen molar-refractivity contribution in [3.63, 3.8) is 0 Å². The van der Waals surface area contributed by atoms with Gasteiger partial charge >= 0.3 is 0 Å². The summed E-state index contributed by atoms with van der Waals surface area (Å²) in [5.41, 5.74) is 2.15. The number of amides is 1. The van der Waals surface area contributed by atoms with Gasteiger partial charge in [-0.05, 0) is 81.0 Å². The fraction of sp³-hybridized carbons (Fsp3) is 0.308. The van der Waals surface area contributed by atoms with Crippen molar-refractivity contribution in [3.05, 3.63) is 70.0 Å². The summed E-state index contributed by atoms with van der Waals surface area (Å²) < 4.78 is 34.4. The number of sulfonamides is 1. The van der Waals surface area contributed by atoms with Crippen LogP contribution in [0, 0.1) is 13.8 Å². The SMILES string of the molecule is CCCCCCOc1ccc(Br)cc1C(=O)NC(=S)Nc1ccc(S(=O)(=O)Nc2nc(C)cc(C)n2)cc1. The Morgan fingerprint density at radius 2 is 1.68 bits per heavy atom. The molecule has 1 aromatic heterocycles. The average molecular weight is 621 g/mol. The molecule has 12 heteroatoms. The van der Waals surface area contributed by atoms with Crippen LogP contribution in [0.1, 0.15) is 54.4 Å². The molecule has 3 rings (SSSR count). The largest absolute Gasteiger partial charge is 0.493 e. The van der Waals surface area contributed by atoms with Crippen LogP contribution in [-0.4, -0.2) is 36.0 Å². The lowest BCUT2D eigenvalue weighted by Gasteiger charge is -2.14. The van der Waals surface area contributed by atoms with E-state index in [-0.39, 0.29) is 16.0 Å². The highest BCUT2D eigenvalue weighted by molar-refractivity contribution is 9.10. The zero-order valence-electron chi connectivity index (χ0n) is 21.4. The molecule has 2 aromatic carbocycles. The Morgan fingerprint density at radius 3 is 2.34 bits per heavy atom. The van der Waals surface area contributed by atoms with Crippen molar-refractivity contribution >= 4 is 60.8 Å². The Kier molecular flexibility index (Phi) is 10.6. The lowest BCUT2D eigenvalue weighted by Crippen LogP contribution is -2.34. The molecule has 0 spiro atoms. The summed E-state index contributed by atoms with van der Waals surface area (Å²) in [4.78, 5) is 21.2. The molecular formula is C26H30BrN5O4S2. The van der Waals surface area contributed by atoms with Crippen LogP contribution in [0.5, 0.6) is 5.75 Å². The molecule has 0 fully saturated rings. The molecule has 0 bridgehead atoms. The Morgan fingerprint density at radius 1 is 1.00 bits per heavy atom. The number of carbonyl (C=O) groups excluding carboxylic acids is 1. The van der Waals surface area contributed by atoms with Gasteiger partial charge in [0.1, 0.15) is 5.75 Å². The molecule has 3 aromatic rings. The molecule has 38 heavy (non-hydrogen) atoms. The Labute approximate surface area is 237 Å². The number of aromatic nitrogens is 2. The van der Waals surface area contributed by atoms with Crippen molar-refractivity contribution in [3.8, 4) is 5.75 Å². The Balaban J connectivity index is 1.61. The van der Waals surface area contributed by atoms with E-state index in [1.807, 2.05) is 6.07 Å². The highest BCUT2D eigenvalue weighted by Gasteiger charge is 2.17. The predicted molar refractivity (Wildman–Crippen MR) is 156 cm³/mol. The fourth-order valence-electron chi connectivity index (χ4n) is 3.52. The van der Waals surface area contributed by atoms with Gasteiger partial charge in [0, 0.05) is 21.5 Å². The zero-order valence-corrected chi connectivity index (χ0v) is 24.6. The minimum Gasteiger partial charge on any atom is -0.493 e. The zero-order chi connectivity index (χ0) is 27.7. The van der Waals surface area contributed by atoms with Crippen LogP contribution in [0.2, 0.25) is 0 Å². The molecule has 3 N–H and O–H groups in total. The first kappa shape index (κ1) is 29.5. The molecule has 202 valence electrons. The number of hydrogen-bond acceptors (Lipinski definition) is 7. The van der Waals surface area contributed by atoms with Gasteiger partial charge in [-0.15, -0.1) is 0 Å². The minimum absolute atomic E-state index is 0.00505. The van der Waals surface area contributed by atoms with Crippen LogP contribution in [-0.2, 0) is 10.0 Å². The number of ether oxygens (including phenoxy) is 1. The van der Waals surface area contributed by atoms with E-state index in [4.69, 9.17) is 17.0 Å². The van der Waals surface area contributed by atoms with E-state index in [0.29, 0.717) is 35.0 Å². The number of benzene rings is 2. The van der Waals surface area contributed by atoms with Gasteiger partial charge in [0.2, 0.25) is 5.95 Å². The summed E-state index contributed by atoms with van der Waals surface area (Å²) in [6.07, 6.45) is 4.25. The summed E-state index contributed by atoms with van der Waals surface area (Å²) in [5.74, 6) is 0.0505. The lowest BCUT2D eigenvalue weighted by atomic mass is 10.2. The van der Waals surface area contributed by atoms with Crippen LogP contribution in [0.25, 0.3) is 0 Å². The number of thiocarbonyl (C=S) groups is 1. The van der Waals surface area contributed by atoms with E-state index in [0.717, 1.165) is 30.2 Å². The van der Waals surface area contributed by atoms with Gasteiger partial charge in [-0.1, -0.05) is 42.1 Å². The molecular weight excluding hydrogens is 590 g/mol. The summed E-state index contributed by atoms with van der Waals surface area (Å²) in [6, 6.07) is 12.9.